The van der Waals surface area contributed by atoms with Crippen molar-refractivity contribution >= 4 is 45.7 Å². The molecule has 0 spiro atoms. The van der Waals surface area contributed by atoms with Gasteiger partial charge in [-0.3, -0.25) is 14.9 Å². The first-order valence-corrected chi connectivity index (χ1v) is 11.2. The molecular weight excluding hydrogens is 422 g/mol. The molecule has 30 heavy (non-hydrogen) atoms. The topological polar surface area (TPSA) is 115 Å². The highest BCUT2D eigenvalue weighted by Gasteiger charge is 2.16. The molecule has 0 saturated heterocycles. The molecule has 158 valence electrons. The van der Waals surface area contributed by atoms with E-state index in [1.54, 1.807) is 0 Å². The molecule has 0 atom stereocenters. The Morgan fingerprint density at radius 1 is 1.03 bits per heavy atom. The minimum absolute atomic E-state index is 0.102. The van der Waals surface area contributed by atoms with Crippen LogP contribution in [0.3, 0.4) is 0 Å². The average Bonchev–Trinajstić information content (AvgIpc) is 3.28. The van der Waals surface area contributed by atoms with Gasteiger partial charge in [0.05, 0.1) is 12.2 Å². The summed E-state index contributed by atoms with van der Waals surface area (Å²) in [6, 6.07) is 5.80. The number of nitrogens with one attached hydrogen (secondary N) is 2. The summed E-state index contributed by atoms with van der Waals surface area (Å²) in [5, 5.41) is 23.5. The van der Waals surface area contributed by atoms with E-state index in [1.165, 1.54) is 28.7 Å². The first-order chi connectivity index (χ1) is 14.4. The van der Waals surface area contributed by atoms with Gasteiger partial charge in [-0.2, -0.15) is 0 Å². The van der Waals surface area contributed by atoms with Crippen LogP contribution in [0.2, 0.25) is 0 Å². The summed E-state index contributed by atoms with van der Waals surface area (Å²) in [5.74, 6) is 0.351. The normalized spacial score (nSPS) is 10.8. The molecule has 0 aliphatic heterocycles. The molecule has 1 aromatic carbocycles. The zero-order valence-corrected chi connectivity index (χ0v) is 18.9. The second-order valence-electron chi connectivity index (χ2n) is 6.63. The molecule has 2 amide bonds. The average molecular weight is 446 g/mol. The monoisotopic (exact) mass is 445 g/mol. The number of aromatic nitrogens is 5. The maximum Gasteiger partial charge on any atom is 0.236 e. The second kappa shape index (κ2) is 9.81. The van der Waals surface area contributed by atoms with E-state index in [2.05, 4.69) is 31.0 Å². The van der Waals surface area contributed by atoms with Crippen LogP contribution in [0.1, 0.15) is 28.9 Å². The largest absolute Gasteiger partial charge is 0.326 e. The number of carbonyl (C=O) groups is 2. The lowest BCUT2D eigenvalue weighted by Gasteiger charge is -2.09. The van der Waals surface area contributed by atoms with Crippen molar-refractivity contribution in [1.82, 2.24) is 25.0 Å². The number of rotatable bonds is 8. The number of aryl methyl sites for hydroxylation is 3. The molecule has 0 radical (unpaired) electrons. The first kappa shape index (κ1) is 21.9. The summed E-state index contributed by atoms with van der Waals surface area (Å²) < 4.78 is 1.84. The number of thioether (sulfide) groups is 1. The summed E-state index contributed by atoms with van der Waals surface area (Å²) >= 11 is 2.58. The molecule has 11 heteroatoms. The zero-order chi connectivity index (χ0) is 21.7. The highest BCUT2D eigenvalue weighted by Crippen LogP contribution is 2.20. The Morgan fingerprint density at radius 3 is 2.50 bits per heavy atom. The lowest BCUT2D eigenvalue weighted by molar-refractivity contribution is -0.116. The standard InChI is InChI=1S/C19H23N7O2S2/c1-5-26-15(9-16(27)20-14-7-6-11(2)12(3)8-14)23-25-19(26)29-10-17(28)21-18-24-22-13(4)30-18/h6-8H,5,9-10H2,1-4H3,(H,20,27)(H,21,24,28). The van der Waals surface area contributed by atoms with Gasteiger partial charge in [0, 0.05) is 12.2 Å². The van der Waals surface area contributed by atoms with E-state index in [4.69, 9.17) is 0 Å². The third-order valence-electron chi connectivity index (χ3n) is 4.32. The summed E-state index contributed by atoms with van der Waals surface area (Å²) in [5.41, 5.74) is 3.04. The second-order valence-corrected chi connectivity index (χ2v) is 8.75. The highest BCUT2D eigenvalue weighted by atomic mass is 32.2. The van der Waals surface area contributed by atoms with Crippen molar-refractivity contribution in [2.24, 2.45) is 0 Å². The Bertz CT molecular complexity index is 1060. The van der Waals surface area contributed by atoms with E-state index in [0.29, 0.717) is 22.7 Å². The van der Waals surface area contributed by atoms with Crippen LogP contribution < -0.4 is 10.6 Å². The zero-order valence-electron chi connectivity index (χ0n) is 17.2. The van der Waals surface area contributed by atoms with Crippen molar-refractivity contribution in [3.63, 3.8) is 0 Å². The van der Waals surface area contributed by atoms with Crippen LogP contribution in [-0.4, -0.2) is 42.5 Å². The van der Waals surface area contributed by atoms with Crippen molar-refractivity contribution in [2.45, 2.75) is 45.8 Å². The SMILES string of the molecule is CCn1c(CC(=O)Nc2ccc(C)c(C)c2)nnc1SCC(=O)Nc1nnc(C)s1. The van der Waals surface area contributed by atoms with Gasteiger partial charge in [-0.25, -0.2) is 0 Å². The predicted octanol–water partition coefficient (Wildman–Crippen LogP) is 2.99. The molecule has 0 unspecified atom stereocenters. The first-order valence-electron chi connectivity index (χ1n) is 9.37. The molecule has 0 saturated carbocycles. The molecule has 9 nitrogen and oxygen atoms in total. The minimum atomic E-state index is -0.198. The van der Waals surface area contributed by atoms with E-state index in [9.17, 15) is 9.59 Å². The molecule has 2 N–H and O–H groups in total. The van der Waals surface area contributed by atoms with Crippen molar-refractivity contribution in [1.29, 1.82) is 0 Å². The smallest absolute Gasteiger partial charge is 0.236 e. The Morgan fingerprint density at radius 2 is 1.83 bits per heavy atom. The van der Waals surface area contributed by atoms with Gasteiger partial charge in [-0.05, 0) is 51.0 Å². The summed E-state index contributed by atoms with van der Waals surface area (Å²) in [6.07, 6.45) is 0.102. The number of benzene rings is 1. The van der Waals surface area contributed by atoms with Crippen LogP contribution in [0.4, 0.5) is 10.8 Å². The van der Waals surface area contributed by atoms with Crippen LogP contribution in [0, 0.1) is 20.8 Å². The van der Waals surface area contributed by atoms with Crippen molar-refractivity contribution in [2.75, 3.05) is 16.4 Å². The van der Waals surface area contributed by atoms with E-state index in [0.717, 1.165) is 16.3 Å². The fourth-order valence-corrected chi connectivity index (χ4v) is 4.10. The van der Waals surface area contributed by atoms with Gasteiger partial charge in [0.25, 0.3) is 0 Å². The lowest BCUT2D eigenvalue weighted by Crippen LogP contribution is -2.18. The van der Waals surface area contributed by atoms with Crippen LogP contribution in [0.15, 0.2) is 23.4 Å². The maximum absolute atomic E-state index is 12.5. The number of nitrogens with zero attached hydrogens (tertiary/aromatic N) is 5. The Hall–Kier alpha value is -2.79. The fraction of sp³-hybridized carbons (Fsp3) is 0.368. The highest BCUT2D eigenvalue weighted by molar-refractivity contribution is 7.99. The van der Waals surface area contributed by atoms with Gasteiger partial charge in [0.15, 0.2) is 5.16 Å². The van der Waals surface area contributed by atoms with E-state index < -0.39 is 0 Å². The Labute approximate surface area is 182 Å². The molecule has 0 bridgehead atoms. The summed E-state index contributed by atoms with van der Waals surface area (Å²) in [7, 11) is 0. The molecule has 2 heterocycles. The molecule has 2 aromatic heterocycles. The number of hydrogen-bond donors (Lipinski definition) is 2. The molecule has 3 rings (SSSR count). The van der Waals surface area contributed by atoms with Crippen LogP contribution >= 0.6 is 23.1 Å². The Balaban J connectivity index is 1.58. The van der Waals surface area contributed by atoms with Gasteiger partial charge in [-0.15, -0.1) is 20.4 Å². The number of hydrogen-bond acceptors (Lipinski definition) is 8. The van der Waals surface area contributed by atoms with Crippen molar-refractivity contribution in [3.05, 3.63) is 40.2 Å². The van der Waals surface area contributed by atoms with Gasteiger partial charge in [-0.1, -0.05) is 29.2 Å². The molecule has 0 fully saturated rings. The number of carbonyl (C=O) groups excluding carboxylic acids is 2. The quantitative estimate of drug-likeness (QED) is 0.512. The van der Waals surface area contributed by atoms with Gasteiger partial charge in [0.2, 0.25) is 16.9 Å². The molecule has 3 aromatic rings. The van der Waals surface area contributed by atoms with Crippen molar-refractivity contribution < 1.29 is 9.59 Å². The van der Waals surface area contributed by atoms with Crippen LogP contribution in [0.25, 0.3) is 0 Å². The van der Waals surface area contributed by atoms with Gasteiger partial charge < -0.3 is 9.88 Å². The van der Waals surface area contributed by atoms with Crippen LogP contribution in [-0.2, 0) is 22.6 Å². The minimum Gasteiger partial charge on any atom is -0.326 e. The molecular formula is C19H23N7O2S2. The van der Waals surface area contributed by atoms with E-state index in [-0.39, 0.29) is 24.0 Å². The third-order valence-corrected chi connectivity index (χ3v) is 6.04. The molecule has 0 aliphatic rings. The fourth-order valence-electron chi connectivity index (χ4n) is 2.67. The summed E-state index contributed by atoms with van der Waals surface area (Å²) in [4.78, 5) is 24.6. The van der Waals surface area contributed by atoms with Gasteiger partial charge in [0.1, 0.15) is 10.8 Å². The molecule has 0 aliphatic carbocycles. The van der Waals surface area contributed by atoms with E-state index in [1.807, 2.05) is 50.5 Å². The van der Waals surface area contributed by atoms with Crippen LogP contribution in [0.5, 0.6) is 0 Å². The predicted molar refractivity (Wildman–Crippen MR) is 118 cm³/mol. The maximum atomic E-state index is 12.5. The third kappa shape index (κ3) is 5.63. The van der Waals surface area contributed by atoms with E-state index >= 15 is 0 Å². The Kier molecular flexibility index (Phi) is 7.16. The van der Waals surface area contributed by atoms with Gasteiger partial charge >= 0.3 is 0 Å². The number of amides is 2. The lowest BCUT2D eigenvalue weighted by atomic mass is 10.1. The summed E-state index contributed by atoms with van der Waals surface area (Å²) in [6.45, 7) is 8.40. The number of anilines is 2. The van der Waals surface area contributed by atoms with Crippen molar-refractivity contribution in [3.8, 4) is 0 Å².